The van der Waals surface area contributed by atoms with Gasteiger partial charge in [-0.1, -0.05) is 18.2 Å². The lowest BCUT2D eigenvalue weighted by atomic mass is 10.2. The molecule has 5 heteroatoms. The lowest BCUT2D eigenvalue weighted by Gasteiger charge is -2.37. The summed E-state index contributed by atoms with van der Waals surface area (Å²) in [7, 11) is 0. The fourth-order valence-electron chi connectivity index (χ4n) is 2.36. The lowest BCUT2D eigenvalue weighted by Crippen LogP contribution is -2.53. The van der Waals surface area contributed by atoms with Gasteiger partial charge in [0.25, 0.3) is 0 Å². The standard InChI is InChI=1S/C15H21N3O2/c1-12(15(20)16-14-6-4-3-5-7-14)17-8-10-18(11-9-17)13(2)19/h3-7,12H,8-11H2,1-2H3,(H,16,20)/t12-/m0/s1. The molecule has 1 saturated heterocycles. The molecule has 1 atom stereocenters. The third-order valence-corrected chi connectivity index (χ3v) is 3.73. The van der Waals surface area contributed by atoms with Crippen LogP contribution in [0.5, 0.6) is 0 Å². The average molecular weight is 275 g/mol. The molecule has 1 aliphatic rings. The molecule has 0 spiro atoms. The number of piperazine rings is 1. The Hall–Kier alpha value is -1.88. The van der Waals surface area contributed by atoms with Crippen LogP contribution in [0.4, 0.5) is 5.69 Å². The van der Waals surface area contributed by atoms with E-state index in [-0.39, 0.29) is 17.9 Å². The number of nitrogens with one attached hydrogen (secondary N) is 1. The molecule has 0 aromatic heterocycles. The van der Waals surface area contributed by atoms with E-state index in [9.17, 15) is 9.59 Å². The van der Waals surface area contributed by atoms with Crippen LogP contribution in [0.15, 0.2) is 30.3 Å². The zero-order chi connectivity index (χ0) is 14.5. The van der Waals surface area contributed by atoms with E-state index in [1.165, 1.54) is 0 Å². The van der Waals surface area contributed by atoms with Crippen molar-refractivity contribution in [3.05, 3.63) is 30.3 Å². The highest BCUT2D eigenvalue weighted by Gasteiger charge is 2.26. The van der Waals surface area contributed by atoms with Crippen LogP contribution in [-0.4, -0.2) is 53.8 Å². The molecule has 0 radical (unpaired) electrons. The Morgan fingerprint density at radius 3 is 2.25 bits per heavy atom. The van der Waals surface area contributed by atoms with Crippen molar-refractivity contribution in [3.63, 3.8) is 0 Å². The van der Waals surface area contributed by atoms with Crippen molar-refractivity contribution in [3.8, 4) is 0 Å². The quantitative estimate of drug-likeness (QED) is 0.901. The Labute approximate surface area is 119 Å². The Kier molecular flexibility index (Phi) is 4.74. The van der Waals surface area contributed by atoms with Gasteiger partial charge in [0.15, 0.2) is 0 Å². The van der Waals surface area contributed by atoms with Crippen molar-refractivity contribution >= 4 is 17.5 Å². The third kappa shape index (κ3) is 3.57. The molecule has 2 rings (SSSR count). The van der Waals surface area contributed by atoms with E-state index in [2.05, 4.69) is 10.2 Å². The Balaban J connectivity index is 1.87. The predicted molar refractivity (Wildman–Crippen MR) is 78.4 cm³/mol. The number of carbonyl (C=O) groups is 2. The minimum absolute atomic E-state index is 0.00697. The van der Waals surface area contributed by atoms with E-state index in [0.717, 1.165) is 18.8 Å². The SMILES string of the molecule is CC(=O)N1CCN([C@@H](C)C(=O)Nc2ccccc2)CC1. The number of rotatable bonds is 3. The van der Waals surface area contributed by atoms with Crippen molar-refractivity contribution in [1.29, 1.82) is 0 Å². The van der Waals surface area contributed by atoms with E-state index in [1.54, 1.807) is 6.92 Å². The minimum atomic E-state index is -0.190. The first kappa shape index (κ1) is 14.5. The first-order valence-electron chi connectivity index (χ1n) is 6.93. The summed E-state index contributed by atoms with van der Waals surface area (Å²) in [5, 5.41) is 2.91. The molecule has 1 fully saturated rings. The molecule has 0 saturated carbocycles. The van der Waals surface area contributed by atoms with Crippen LogP contribution in [0.3, 0.4) is 0 Å². The van der Waals surface area contributed by atoms with Gasteiger partial charge in [-0.05, 0) is 19.1 Å². The van der Waals surface area contributed by atoms with Crippen LogP contribution < -0.4 is 5.32 Å². The highest BCUT2D eigenvalue weighted by Crippen LogP contribution is 2.10. The number of benzene rings is 1. The molecule has 0 bridgehead atoms. The van der Waals surface area contributed by atoms with Crippen LogP contribution in [0.25, 0.3) is 0 Å². The molecule has 1 aromatic carbocycles. The highest BCUT2D eigenvalue weighted by atomic mass is 16.2. The van der Waals surface area contributed by atoms with Crippen molar-refractivity contribution in [1.82, 2.24) is 9.80 Å². The smallest absolute Gasteiger partial charge is 0.241 e. The summed E-state index contributed by atoms with van der Waals surface area (Å²) in [6, 6.07) is 9.26. The summed E-state index contributed by atoms with van der Waals surface area (Å²) in [6.45, 7) is 6.35. The van der Waals surface area contributed by atoms with Gasteiger partial charge in [-0.3, -0.25) is 14.5 Å². The second-order valence-corrected chi connectivity index (χ2v) is 5.07. The predicted octanol–water partition coefficient (Wildman–Crippen LogP) is 1.18. The molecule has 0 unspecified atom stereocenters. The van der Waals surface area contributed by atoms with Crippen LogP contribution in [0.1, 0.15) is 13.8 Å². The molecule has 1 heterocycles. The zero-order valence-electron chi connectivity index (χ0n) is 12.0. The number of carbonyl (C=O) groups excluding carboxylic acids is 2. The Bertz CT molecular complexity index is 467. The number of para-hydroxylation sites is 1. The van der Waals surface area contributed by atoms with Gasteiger partial charge in [-0.2, -0.15) is 0 Å². The molecular formula is C15H21N3O2. The maximum absolute atomic E-state index is 12.2. The molecule has 1 aromatic rings. The summed E-state index contributed by atoms with van der Waals surface area (Å²) >= 11 is 0. The molecule has 0 aliphatic carbocycles. The summed E-state index contributed by atoms with van der Waals surface area (Å²) in [5.41, 5.74) is 0.812. The number of anilines is 1. The van der Waals surface area contributed by atoms with Crippen LogP contribution in [-0.2, 0) is 9.59 Å². The van der Waals surface area contributed by atoms with Gasteiger partial charge in [0.1, 0.15) is 0 Å². The van der Waals surface area contributed by atoms with Gasteiger partial charge in [0, 0.05) is 38.8 Å². The van der Waals surface area contributed by atoms with Gasteiger partial charge in [-0.15, -0.1) is 0 Å². The van der Waals surface area contributed by atoms with Crippen molar-refractivity contribution in [2.45, 2.75) is 19.9 Å². The summed E-state index contributed by atoms with van der Waals surface area (Å²) in [6.07, 6.45) is 0. The molecule has 20 heavy (non-hydrogen) atoms. The van der Waals surface area contributed by atoms with Gasteiger partial charge in [0.2, 0.25) is 11.8 Å². The Morgan fingerprint density at radius 1 is 1.10 bits per heavy atom. The van der Waals surface area contributed by atoms with Gasteiger partial charge in [0.05, 0.1) is 6.04 Å². The summed E-state index contributed by atoms with van der Waals surface area (Å²) in [4.78, 5) is 27.4. The Morgan fingerprint density at radius 2 is 1.70 bits per heavy atom. The van der Waals surface area contributed by atoms with E-state index in [1.807, 2.05) is 42.2 Å². The first-order valence-corrected chi connectivity index (χ1v) is 6.93. The van der Waals surface area contributed by atoms with E-state index >= 15 is 0 Å². The fraction of sp³-hybridized carbons (Fsp3) is 0.467. The van der Waals surface area contributed by atoms with E-state index < -0.39 is 0 Å². The fourth-order valence-corrected chi connectivity index (χ4v) is 2.36. The largest absolute Gasteiger partial charge is 0.340 e. The third-order valence-electron chi connectivity index (χ3n) is 3.73. The second kappa shape index (κ2) is 6.52. The normalized spacial score (nSPS) is 17.6. The number of hydrogen-bond acceptors (Lipinski definition) is 3. The molecule has 1 N–H and O–H groups in total. The second-order valence-electron chi connectivity index (χ2n) is 5.07. The number of hydrogen-bond donors (Lipinski definition) is 1. The molecule has 1 aliphatic heterocycles. The first-order chi connectivity index (χ1) is 9.58. The number of amides is 2. The summed E-state index contributed by atoms with van der Waals surface area (Å²) < 4.78 is 0. The highest BCUT2D eigenvalue weighted by molar-refractivity contribution is 5.94. The van der Waals surface area contributed by atoms with Crippen LogP contribution in [0, 0.1) is 0 Å². The van der Waals surface area contributed by atoms with Crippen molar-refractivity contribution < 1.29 is 9.59 Å². The number of nitrogens with zero attached hydrogens (tertiary/aromatic N) is 2. The zero-order valence-corrected chi connectivity index (χ0v) is 12.0. The van der Waals surface area contributed by atoms with E-state index in [4.69, 9.17) is 0 Å². The van der Waals surface area contributed by atoms with Gasteiger partial charge < -0.3 is 10.2 Å². The lowest BCUT2D eigenvalue weighted by molar-refractivity contribution is -0.131. The van der Waals surface area contributed by atoms with Crippen molar-refractivity contribution in [2.24, 2.45) is 0 Å². The maximum Gasteiger partial charge on any atom is 0.241 e. The minimum Gasteiger partial charge on any atom is -0.340 e. The molecular weight excluding hydrogens is 254 g/mol. The van der Waals surface area contributed by atoms with Gasteiger partial charge in [-0.25, -0.2) is 0 Å². The maximum atomic E-state index is 12.2. The topological polar surface area (TPSA) is 52.7 Å². The van der Waals surface area contributed by atoms with Crippen LogP contribution in [0.2, 0.25) is 0 Å². The van der Waals surface area contributed by atoms with Crippen LogP contribution >= 0.6 is 0 Å². The average Bonchev–Trinajstić information content (AvgIpc) is 2.47. The van der Waals surface area contributed by atoms with Gasteiger partial charge >= 0.3 is 0 Å². The monoisotopic (exact) mass is 275 g/mol. The van der Waals surface area contributed by atoms with E-state index in [0.29, 0.717) is 13.1 Å². The van der Waals surface area contributed by atoms with Crippen molar-refractivity contribution in [2.75, 3.05) is 31.5 Å². The molecule has 5 nitrogen and oxygen atoms in total. The molecule has 2 amide bonds. The summed E-state index contributed by atoms with van der Waals surface area (Å²) in [5.74, 6) is 0.0958. The molecule has 108 valence electrons.